The van der Waals surface area contributed by atoms with Gasteiger partial charge in [0.15, 0.2) is 0 Å². The van der Waals surface area contributed by atoms with E-state index in [2.05, 4.69) is 15.1 Å². The monoisotopic (exact) mass is 299 g/mol. The van der Waals surface area contributed by atoms with Gasteiger partial charge < -0.3 is 4.90 Å². The zero-order valence-corrected chi connectivity index (χ0v) is 13.1. The van der Waals surface area contributed by atoms with Gasteiger partial charge in [-0.1, -0.05) is 13.8 Å². The first-order valence-electron chi connectivity index (χ1n) is 7.16. The molecule has 0 bridgehead atoms. The second-order valence-corrected chi connectivity index (χ2v) is 5.74. The third kappa shape index (κ3) is 2.41. The summed E-state index contributed by atoms with van der Waals surface area (Å²) in [4.78, 5) is 10.9. The van der Waals surface area contributed by atoms with Gasteiger partial charge in [-0.05, 0) is 23.6 Å². The number of fused-ring (bicyclic) bond motifs is 1. The highest BCUT2D eigenvalue weighted by atomic mass is 19.1. The van der Waals surface area contributed by atoms with Gasteiger partial charge in [0, 0.05) is 37.9 Å². The number of hydrogen-bond acceptors (Lipinski definition) is 4. The van der Waals surface area contributed by atoms with Gasteiger partial charge in [-0.2, -0.15) is 10.1 Å². The summed E-state index contributed by atoms with van der Waals surface area (Å²) in [5.74, 6) is 1.04. The van der Waals surface area contributed by atoms with Gasteiger partial charge in [0.05, 0.1) is 5.52 Å². The molecule has 0 fully saturated rings. The van der Waals surface area contributed by atoms with Crippen LogP contribution in [0.2, 0.25) is 0 Å². The van der Waals surface area contributed by atoms with Crippen LogP contribution in [0.5, 0.6) is 0 Å². The van der Waals surface area contributed by atoms with Crippen LogP contribution in [0, 0.1) is 5.82 Å². The maximum absolute atomic E-state index is 14.3. The SMILES string of the molecule is CC(C)c1cc2c(N(C)C)nc(-n3cccn3)nc2cc1F. The molecule has 0 N–H and O–H groups in total. The quantitative estimate of drug-likeness (QED) is 0.745. The van der Waals surface area contributed by atoms with Crippen molar-refractivity contribution in [1.82, 2.24) is 19.7 Å². The van der Waals surface area contributed by atoms with Gasteiger partial charge in [0.2, 0.25) is 0 Å². The molecule has 0 spiro atoms. The van der Waals surface area contributed by atoms with E-state index in [0.717, 1.165) is 11.2 Å². The zero-order valence-electron chi connectivity index (χ0n) is 13.1. The van der Waals surface area contributed by atoms with E-state index in [1.165, 1.54) is 6.07 Å². The largest absolute Gasteiger partial charge is 0.362 e. The predicted octanol–water partition coefficient (Wildman–Crippen LogP) is 3.14. The first kappa shape index (κ1) is 14.4. The number of benzene rings is 1. The van der Waals surface area contributed by atoms with E-state index in [4.69, 9.17) is 0 Å². The Morgan fingerprint density at radius 3 is 2.55 bits per heavy atom. The minimum Gasteiger partial charge on any atom is -0.362 e. The third-order valence-electron chi connectivity index (χ3n) is 3.54. The van der Waals surface area contributed by atoms with E-state index in [-0.39, 0.29) is 11.7 Å². The zero-order chi connectivity index (χ0) is 15.9. The van der Waals surface area contributed by atoms with Crippen LogP contribution in [0.1, 0.15) is 25.3 Å². The molecule has 0 amide bonds. The lowest BCUT2D eigenvalue weighted by atomic mass is 10.0. The normalized spacial score (nSPS) is 11.4. The number of halogens is 1. The molecule has 2 aromatic heterocycles. The van der Waals surface area contributed by atoms with Crippen LogP contribution in [0.3, 0.4) is 0 Å². The fraction of sp³-hybridized carbons (Fsp3) is 0.312. The molecule has 0 atom stereocenters. The summed E-state index contributed by atoms with van der Waals surface area (Å²) in [6.07, 6.45) is 3.42. The second kappa shape index (κ2) is 5.36. The lowest BCUT2D eigenvalue weighted by Gasteiger charge is -2.17. The maximum Gasteiger partial charge on any atom is 0.253 e. The van der Waals surface area contributed by atoms with E-state index in [9.17, 15) is 4.39 Å². The number of rotatable bonds is 3. The average Bonchev–Trinajstić information content (AvgIpc) is 2.98. The third-order valence-corrected chi connectivity index (χ3v) is 3.54. The van der Waals surface area contributed by atoms with Crippen molar-refractivity contribution in [1.29, 1.82) is 0 Å². The van der Waals surface area contributed by atoms with Crippen molar-refractivity contribution in [2.24, 2.45) is 0 Å². The molecule has 0 saturated heterocycles. The Morgan fingerprint density at radius 1 is 1.18 bits per heavy atom. The summed E-state index contributed by atoms with van der Waals surface area (Å²) < 4.78 is 15.9. The minimum atomic E-state index is -0.239. The van der Waals surface area contributed by atoms with Crippen LogP contribution < -0.4 is 4.90 Å². The highest BCUT2D eigenvalue weighted by molar-refractivity contribution is 5.90. The summed E-state index contributed by atoms with van der Waals surface area (Å²) in [5, 5.41) is 4.98. The number of hydrogen-bond donors (Lipinski definition) is 0. The van der Waals surface area contributed by atoms with Crippen molar-refractivity contribution in [3.05, 3.63) is 42.0 Å². The van der Waals surface area contributed by atoms with Crippen LogP contribution in [0.25, 0.3) is 16.9 Å². The summed E-state index contributed by atoms with van der Waals surface area (Å²) >= 11 is 0. The van der Waals surface area contributed by atoms with Crippen molar-refractivity contribution < 1.29 is 4.39 Å². The molecule has 0 aliphatic heterocycles. The van der Waals surface area contributed by atoms with Gasteiger partial charge in [-0.25, -0.2) is 14.1 Å². The van der Waals surface area contributed by atoms with Crippen LogP contribution in [-0.2, 0) is 0 Å². The minimum absolute atomic E-state index is 0.102. The first-order chi connectivity index (χ1) is 10.5. The summed E-state index contributed by atoms with van der Waals surface area (Å²) in [6, 6.07) is 5.12. The van der Waals surface area contributed by atoms with Crippen molar-refractivity contribution in [2.45, 2.75) is 19.8 Å². The fourth-order valence-electron chi connectivity index (χ4n) is 2.41. The van der Waals surface area contributed by atoms with Crippen molar-refractivity contribution in [3.63, 3.8) is 0 Å². The molecule has 3 aromatic rings. The van der Waals surface area contributed by atoms with Gasteiger partial charge in [0.25, 0.3) is 5.95 Å². The van der Waals surface area contributed by atoms with Crippen molar-refractivity contribution in [3.8, 4) is 5.95 Å². The molecule has 0 radical (unpaired) electrons. The van der Waals surface area contributed by atoms with Gasteiger partial charge in [0.1, 0.15) is 11.6 Å². The molecular weight excluding hydrogens is 281 g/mol. The number of anilines is 1. The van der Waals surface area contributed by atoms with E-state index in [0.29, 0.717) is 17.0 Å². The smallest absolute Gasteiger partial charge is 0.253 e. The average molecular weight is 299 g/mol. The lowest BCUT2D eigenvalue weighted by Crippen LogP contribution is -2.14. The molecule has 114 valence electrons. The molecule has 3 rings (SSSR count). The van der Waals surface area contributed by atoms with E-state index in [1.54, 1.807) is 23.1 Å². The molecule has 0 unspecified atom stereocenters. The first-order valence-corrected chi connectivity index (χ1v) is 7.16. The molecule has 0 aliphatic carbocycles. The van der Waals surface area contributed by atoms with Crippen LogP contribution >= 0.6 is 0 Å². The highest BCUT2D eigenvalue weighted by Gasteiger charge is 2.15. The van der Waals surface area contributed by atoms with Gasteiger partial charge in [-0.15, -0.1) is 0 Å². The van der Waals surface area contributed by atoms with E-state index >= 15 is 0 Å². The molecule has 6 heteroatoms. The second-order valence-electron chi connectivity index (χ2n) is 5.74. The number of aromatic nitrogens is 4. The Labute approximate surface area is 128 Å². The molecule has 2 heterocycles. The lowest BCUT2D eigenvalue weighted by molar-refractivity contribution is 0.600. The number of nitrogens with zero attached hydrogens (tertiary/aromatic N) is 5. The van der Waals surface area contributed by atoms with E-state index in [1.807, 2.05) is 38.9 Å². The van der Waals surface area contributed by atoms with Crippen LogP contribution in [0.4, 0.5) is 10.2 Å². The molecule has 0 aliphatic rings. The van der Waals surface area contributed by atoms with Gasteiger partial charge >= 0.3 is 0 Å². The highest BCUT2D eigenvalue weighted by Crippen LogP contribution is 2.29. The van der Waals surface area contributed by atoms with Crippen molar-refractivity contribution >= 4 is 16.7 Å². The predicted molar refractivity (Wildman–Crippen MR) is 85.0 cm³/mol. The van der Waals surface area contributed by atoms with Crippen LogP contribution in [0.15, 0.2) is 30.6 Å². The molecule has 1 aromatic carbocycles. The van der Waals surface area contributed by atoms with E-state index < -0.39 is 0 Å². The molecule has 0 saturated carbocycles. The summed E-state index contributed by atoms with van der Waals surface area (Å²) in [7, 11) is 3.82. The fourth-order valence-corrected chi connectivity index (χ4v) is 2.41. The Hall–Kier alpha value is -2.50. The van der Waals surface area contributed by atoms with Crippen LogP contribution in [-0.4, -0.2) is 33.8 Å². The summed E-state index contributed by atoms with van der Waals surface area (Å²) in [5.41, 5.74) is 1.25. The Bertz CT molecular complexity index is 809. The Morgan fingerprint density at radius 2 is 1.95 bits per heavy atom. The maximum atomic E-state index is 14.3. The topological polar surface area (TPSA) is 46.8 Å². The molecule has 22 heavy (non-hydrogen) atoms. The van der Waals surface area contributed by atoms with Gasteiger partial charge in [-0.3, -0.25) is 0 Å². The Balaban J connectivity index is 2.31. The molecular formula is C16H18FN5. The standard InChI is InChI=1S/C16H18FN5/c1-10(2)11-8-12-14(9-13(11)17)19-16(20-15(12)21(3)4)22-7-5-6-18-22/h5-10H,1-4H3. The molecule has 5 nitrogen and oxygen atoms in total. The summed E-state index contributed by atoms with van der Waals surface area (Å²) in [6.45, 7) is 3.94. The van der Waals surface area contributed by atoms with Crippen molar-refractivity contribution in [2.75, 3.05) is 19.0 Å². The Kier molecular flexibility index (Phi) is 3.52.